The molecule has 0 N–H and O–H groups in total. The Hall–Kier alpha value is -1.31. The average molecular weight is 531 g/mol. The van der Waals surface area contributed by atoms with Crippen LogP contribution in [0.25, 0.3) is 0 Å². The first-order chi connectivity index (χ1) is 18.8. The summed E-state index contributed by atoms with van der Waals surface area (Å²) >= 11 is 0. The quantitative estimate of drug-likeness (QED) is 0.0524. The Labute approximate surface area is 239 Å². The molecule has 0 rings (SSSR count). The molecule has 0 aromatic carbocycles. The predicted octanol–water partition coefficient (Wildman–Crippen LogP) is 12.4. The molecule has 0 heterocycles. The number of esters is 1. The van der Waals surface area contributed by atoms with Crippen molar-refractivity contribution in [3.8, 4) is 0 Å². The second kappa shape index (κ2) is 33.7. The van der Waals surface area contributed by atoms with Crippen molar-refractivity contribution in [2.24, 2.45) is 0 Å². The molecule has 0 atom stereocenters. The van der Waals surface area contributed by atoms with E-state index in [1.54, 1.807) is 0 Å². The summed E-state index contributed by atoms with van der Waals surface area (Å²) in [5.41, 5.74) is 0. The van der Waals surface area contributed by atoms with Gasteiger partial charge in [-0.3, -0.25) is 4.79 Å². The van der Waals surface area contributed by atoms with Crippen LogP contribution in [0.1, 0.15) is 181 Å². The molecule has 2 nitrogen and oxygen atoms in total. The third-order valence-electron chi connectivity index (χ3n) is 7.25. The van der Waals surface area contributed by atoms with Crippen LogP contribution in [-0.4, -0.2) is 12.6 Å². The number of hydrogen-bond acceptors (Lipinski definition) is 2. The van der Waals surface area contributed by atoms with E-state index in [1.807, 2.05) is 0 Å². The summed E-state index contributed by atoms with van der Waals surface area (Å²) in [6, 6.07) is 0. The van der Waals surface area contributed by atoms with Gasteiger partial charge in [-0.05, 0) is 70.6 Å². The Balaban J connectivity index is 3.26. The zero-order valence-corrected chi connectivity index (χ0v) is 25.9. The largest absolute Gasteiger partial charge is 0.466 e. The molecule has 0 aliphatic rings. The smallest absolute Gasteiger partial charge is 0.305 e. The van der Waals surface area contributed by atoms with Crippen LogP contribution in [0.5, 0.6) is 0 Å². The van der Waals surface area contributed by atoms with E-state index in [0.717, 1.165) is 25.7 Å². The van der Waals surface area contributed by atoms with Gasteiger partial charge >= 0.3 is 5.97 Å². The van der Waals surface area contributed by atoms with Crippen molar-refractivity contribution in [2.45, 2.75) is 181 Å². The SMILES string of the molecule is CCCCC/C=C\C/C=C\CCCCCCCC(=O)OCCCCCCCC/C=C/CCCCCCCC. The van der Waals surface area contributed by atoms with E-state index in [1.165, 1.54) is 135 Å². The second-order valence-corrected chi connectivity index (χ2v) is 11.1. The third kappa shape index (κ3) is 32.7. The second-order valence-electron chi connectivity index (χ2n) is 11.1. The van der Waals surface area contributed by atoms with Crippen LogP contribution >= 0.6 is 0 Å². The van der Waals surface area contributed by atoms with Crippen LogP contribution in [0, 0.1) is 0 Å². The van der Waals surface area contributed by atoms with E-state index >= 15 is 0 Å². The molecular formula is C36H66O2. The molecule has 0 fully saturated rings. The van der Waals surface area contributed by atoms with Crippen molar-refractivity contribution in [3.05, 3.63) is 36.5 Å². The number of ether oxygens (including phenoxy) is 1. The Kier molecular flexibility index (Phi) is 32.6. The van der Waals surface area contributed by atoms with Gasteiger partial charge in [-0.1, -0.05) is 140 Å². The molecule has 0 aromatic heterocycles. The Bertz CT molecular complexity index is 546. The van der Waals surface area contributed by atoms with Gasteiger partial charge in [0.1, 0.15) is 0 Å². The minimum atomic E-state index is 0.00317. The van der Waals surface area contributed by atoms with E-state index in [-0.39, 0.29) is 5.97 Å². The van der Waals surface area contributed by atoms with Crippen LogP contribution in [0.3, 0.4) is 0 Å². The maximum atomic E-state index is 11.9. The maximum Gasteiger partial charge on any atom is 0.305 e. The minimum Gasteiger partial charge on any atom is -0.466 e. The van der Waals surface area contributed by atoms with Gasteiger partial charge in [-0.15, -0.1) is 0 Å². The van der Waals surface area contributed by atoms with E-state index in [2.05, 4.69) is 50.3 Å². The molecule has 0 saturated heterocycles. The maximum absolute atomic E-state index is 11.9. The minimum absolute atomic E-state index is 0.00317. The highest BCUT2D eigenvalue weighted by molar-refractivity contribution is 5.69. The monoisotopic (exact) mass is 531 g/mol. The lowest BCUT2D eigenvalue weighted by Gasteiger charge is -2.05. The van der Waals surface area contributed by atoms with Crippen LogP contribution in [0.15, 0.2) is 36.5 Å². The fourth-order valence-electron chi connectivity index (χ4n) is 4.69. The lowest BCUT2D eigenvalue weighted by atomic mass is 10.1. The summed E-state index contributed by atoms with van der Waals surface area (Å²) in [6.45, 7) is 5.14. The van der Waals surface area contributed by atoms with Gasteiger partial charge in [0.25, 0.3) is 0 Å². The normalized spacial score (nSPS) is 11.9. The Morgan fingerprint density at radius 2 is 0.816 bits per heavy atom. The molecule has 0 aromatic rings. The van der Waals surface area contributed by atoms with Crippen molar-refractivity contribution in [2.75, 3.05) is 6.61 Å². The summed E-state index contributed by atoms with van der Waals surface area (Å²) in [5, 5.41) is 0. The first kappa shape index (κ1) is 36.7. The van der Waals surface area contributed by atoms with Crippen molar-refractivity contribution in [3.63, 3.8) is 0 Å². The molecule has 0 bridgehead atoms. The molecule has 0 saturated carbocycles. The fourth-order valence-corrected chi connectivity index (χ4v) is 4.69. The van der Waals surface area contributed by atoms with Gasteiger partial charge in [-0.25, -0.2) is 0 Å². The zero-order chi connectivity index (χ0) is 27.6. The topological polar surface area (TPSA) is 26.3 Å². The zero-order valence-electron chi connectivity index (χ0n) is 25.9. The highest BCUT2D eigenvalue weighted by Gasteiger charge is 2.02. The van der Waals surface area contributed by atoms with Crippen LogP contribution < -0.4 is 0 Å². The molecular weight excluding hydrogens is 464 g/mol. The fraction of sp³-hybridized carbons (Fsp3) is 0.806. The molecule has 0 spiro atoms. The first-order valence-corrected chi connectivity index (χ1v) is 16.9. The number of carbonyl (C=O) groups excluding carboxylic acids is 1. The summed E-state index contributed by atoms with van der Waals surface area (Å²) in [6.07, 6.45) is 46.2. The van der Waals surface area contributed by atoms with Crippen LogP contribution in [0.4, 0.5) is 0 Å². The molecule has 0 amide bonds. The summed E-state index contributed by atoms with van der Waals surface area (Å²) in [4.78, 5) is 11.9. The number of hydrogen-bond donors (Lipinski definition) is 0. The van der Waals surface area contributed by atoms with Crippen LogP contribution in [0.2, 0.25) is 0 Å². The van der Waals surface area contributed by atoms with Crippen LogP contribution in [-0.2, 0) is 9.53 Å². The highest BCUT2D eigenvalue weighted by Crippen LogP contribution is 2.11. The van der Waals surface area contributed by atoms with Crippen molar-refractivity contribution in [1.29, 1.82) is 0 Å². The number of allylic oxidation sites excluding steroid dienone is 6. The Morgan fingerprint density at radius 3 is 1.34 bits per heavy atom. The molecule has 222 valence electrons. The van der Waals surface area contributed by atoms with E-state index in [4.69, 9.17) is 4.74 Å². The third-order valence-corrected chi connectivity index (χ3v) is 7.25. The summed E-state index contributed by atoms with van der Waals surface area (Å²) < 4.78 is 5.42. The van der Waals surface area contributed by atoms with Crippen molar-refractivity contribution >= 4 is 5.97 Å². The van der Waals surface area contributed by atoms with Crippen molar-refractivity contribution in [1.82, 2.24) is 0 Å². The van der Waals surface area contributed by atoms with E-state index < -0.39 is 0 Å². The molecule has 0 aliphatic heterocycles. The van der Waals surface area contributed by atoms with Crippen molar-refractivity contribution < 1.29 is 9.53 Å². The van der Waals surface area contributed by atoms with Gasteiger partial charge in [-0.2, -0.15) is 0 Å². The predicted molar refractivity (Wildman–Crippen MR) is 170 cm³/mol. The number of rotatable bonds is 30. The van der Waals surface area contributed by atoms with Gasteiger partial charge in [0.2, 0.25) is 0 Å². The number of unbranched alkanes of at least 4 members (excludes halogenated alkanes) is 20. The average Bonchev–Trinajstić information content (AvgIpc) is 2.92. The van der Waals surface area contributed by atoms with E-state index in [0.29, 0.717) is 13.0 Å². The lowest BCUT2D eigenvalue weighted by molar-refractivity contribution is -0.143. The summed E-state index contributed by atoms with van der Waals surface area (Å²) in [7, 11) is 0. The standard InChI is InChI=1S/C36H66O2/c1-3-5-7-9-11-13-15-17-19-21-23-25-27-29-31-33-35-38-36(37)34-32-30-28-26-24-22-20-18-16-14-12-10-8-6-4-2/h12,14,17-20H,3-11,13,15-16,21-35H2,1-2H3/b14-12-,19-17+,20-18-. The molecule has 0 aliphatic carbocycles. The number of carbonyl (C=O) groups is 1. The molecule has 38 heavy (non-hydrogen) atoms. The first-order valence-electron chi connectivity index (χ1n) is 16.9. The van der Waals surface area contributed by atoms with E-state index in [9.17, 15) is 4.79 Å². The van der Waals surface area contributed by atoms with Gasteiger partial charge in [0, 0.05) is 6.42 Å². The van der Waals surface area contributed by atoms with Gasteiger partial charge < -0.3 is 4.74 Å². The molecule has 2 heteroatoms. The summed E-state index contributed by atoms with van der Waals surface area (Å²) in [5.74, 6) is 0.00317. The van der Waals surface area contributed by atoms with Gasteiger partial charge in [0.15, 0.2) is 0 Å². The highest BCUT2D eigenvalue weighted by atomic mass is 16.5. The molecule has 0 unspecified atom stereocenters. The van der Waals surface area contributed by atoms with Gasteiger partial charge in [0.05, 0.1) is 6.61 Å². The Morgan fingerprint density at radius 1 is 0.447 bits per heavy atom. The molecule has 0 radical (unpaired) electrons. The lowest BCUT2D eigenvalue weighted by Crippen LogP contribution is -2.05.